The molecule has 51 heavy (non-hydrogen) atoms. The third kappa shape index (κ3) is 5.37. The summed E-state index contributed by atoms with van der Waals surface area (Å²) in [6, 6.07) is 64.7. The van der Waals surface area contributed by atoms with Gasteiger partial charge in [-0.25, -0.2) is 9.97 Å². The Bertz CT molecular complexity index is 2450. The molecule has 7 aromatic carbocycles. The summed E-state index contributed by atoms with van der Waals surface area (Å²) in [4.78, 5) is 10.7. The minimum absolute atomic E-state index is 0.0653. The predicted molar refractivity (Wildman–Crippen MR) is 212 cm³/mol. The summed E-state index contributed by atoms with van der Waals surface area (Å²) in [5.41, 5.74) is 17.2. The van der Waals surface area contributed by atoms with E-state index in [0.717, 1.165) is 55.9 Å². The summed E-state index contributed by atoms with van der Waals surface area (Å²) in [5, 5.41) is 0. The van der Waals surface area contributed by atoms with Gasteiger partial charge in [0.25, 0.3) is 0 Å². The van der Waals surface area contributed by atoms with Crippen molar-refractivity contribution >= 4 is 0 Å². The second-order valence-corrected chi connectivity index (χ2v) is 13.8. The molecule has 0 atom stereocenters. The van der Waals surface area contributed by atoms with E-state index in [1.807, 2.05) is 0 Å². The lowest BCUT2D eigenvalue weighted by Crippen LogP contribution is -2.14. The zero-order valence-electron chi connectivity index (χ0n) is 28.7. The van der Waals surface area contributed by atoms with Crippen molar-refractivity contribution < 1.29 is 0 Å². The van der Waals surface area contributed by atoms with Crippen LogP contribution in [0, 0.1) is 0 Å². The molecule has 0 amide bonds. The second kappa shape index (κ2) is 12.5. The quantitative estimate of drug-likeness (QED) is 0.179. The Kier molecular flexibility index (Phi) is 7.51. The van der Waals surface area contributed by atoms with Gasteiger partial charge in [-0.2, -0.15) is 0 Å². The van der Waals surface area contributed by atoms with Gasteiger partial charge >= 0.3 is 0 Å². The summed E-state index contributed by atoms with van der Waals surface area (Å²) >= 11 is 0. The Labute approximate surface area is 299 Å². The molecule has 0 aliphatic heterocycles. The highest BCUT2D eigenvalue weighted by Gasteiger charge is 2.36. The highest BCUT2D eigenvalue weighted by molar-refractivity contribution is 5.93. The number of fused-ring (bicyclic) bond motifs is 3. The molecule has 1 heterocycles. The van der Waals surface area contributed by atoms with E-state index in [2.05, 4.69) is 196 Å². The monoisotopic (exact) mass is 652 g/mol. The number of hydrogen-bond acceptors (Lipinski definition) is 2. The zero-order valence-corrected chi connectivity index (χ0v) is 28.7. The number of aromatic nitrogens is 2. The smallest absolute Gasteiger partial charge is 0.160 e. The molecule has 0 fully saturated rings. The number of hydrogen-bond donors (Lipinski definition) is 0. The van der Waals surface area contributed by atoms with Crippen LogP contribution in [0.5, 0.6) is 0 Å². The Hall–Kier alpha value is -6.38. The highest BCUT2D eigenvalue weighted by Crippen LogP contribution is 2.52. The molecule has 0 spiro atoms. The van der Waals surface area contributed by atoms with Crippen LogP contribution in [0.1, 0.15) is 25.0 Å². The third-order valence-electron chi connectivity index (χ3n) is 10.3. The average Bonchev–Trinajstić information content (AvgIpc) is 3.44. The van der Waals surface area contributed by atoms with E-state index in [1.165, 1.54) is 27.8 Å². The van der Waals surface area contributed by atoms with Gasteiger partial charge in [0, 0.05) is 22.1 Å². The first kappa shape index (κ1) is 30.7. The normalized spacial score (nSPS) is 12.7. The number of rotatable bonds is 6. The van der Waals surface area contributed by atoms with Gasteiger partial charge in [0.15, 0.2) is 5.82 Å². The van der Waals surface area contributed by atoms with Crippen LogP contribution >= 0.6 is 0 Å². The molecule has 0 saturated heterocycles. The van der Waals surface area contributed by atoms with Crippen LogP contribution in [0.15, 0.2) is 182 Å². The molecular weight excluding hydrogens is 617 g/mol. The maximum Gasteiger partial charge on any atom is 0.160 e. The summed E-state index contributed by atoms with van der Waals surface area (Å²) in [5.74, 6) is 0.698. The van der Waals surface area contributed by atoms with Crippen LogP contribution in [0.25, 0.3) is 78.4 Å². The maximum absolute atomic E-state index is 5.34. The van der Waals surface area contributed by atoms with E-state index in [4.69, 9.17) is 9.97 Å². The van der Waals surface area contributed by atoms with Crippen molar-refractivity contribution in [1.29, 1.82) is 0 Å². The van der Waals surface area contributed by atoms with Gasteiger partial charge in [0.2, 0.25) is 0 Å². The molecule has 2 nitrogen and oxygen atoms in total. The van der Waals surface area contributed by atoms with Crippen molar-refractivity contribution in [3.63, 3.8) is 0 Å². The maximum atomic E-state index is 5.34. The predicted octanol–water partition coefficient (Wildman–Crippen LogP) is 12.8. The lowest BCUT2D eigenvalue weighted by atomic mass is 9.82. The van der Waals surface area contributed by atoms with Crippen molar-refractivity contribution in [3.8, 4) is 78.4 Å². The van der Waals surface area contributed by atoms with E-state index in [-0.39, 0.29) is 5.41 Å². The van der Waals surface area contributed by atoms with Crippen molar-refractivity contribution in [2.75, 3.05) is 0 Å². The summed E-state index contributed by atoms with van der Waals surface area (Å²) in [6.45, 7) is 4.67. The minimum atomic E-state index is -0.0653. The lowest BCUT2D eigenvalue weighted by Gasteiger charge is -2.21. The lowest BCUT2D eigenvalue weighted by molar-refractivity contribution is 0.660. The molecule has 0 unspecified atom stereocenters. The fraction of sp³-hybridized carbons (Fsp3) is 0.0612. The van der Waals surface area contributed by atoms with Gasteiger partial charge in [-0.15, -0.1) is 0 Å². The largest absolute Gasteiger partial charge is 0.228 e. The summed E-state index contributed by atoms with van der Waals surface area (Å²) in [7, 11) is 0. The van der Waals surface area contributed by atoms with Gasteiger partial charge < -0.3 is 0 Å². The first-order chi connectivity index (χ1) is 25.1. The van der Waals surface area contributed by atoms with E-state index in [9.17, 15) is 0 Å². The molecule has 0 radical (unpaired) electrons. The molecule has 1 aliphatic carbocycles. The molecule has 8 aromatic rings. The van der Waals surface area contributed by atoms with E-state index < -0.39 is 0 Å². The molecule has 0 saturated carbocycles. The molecule has 242 valence electrons. The van der Waals surface area contributed by atoms with Crippen molar-refractivity contribution in [2.45, 2.75) is 19.3 Å². The Morgan fingerprint density at radius 3 is 1.37 bits per heavy atom. The Morgan fingerprint density at radius 2 is 0.765 bits per heavy atom. The second-order valence-electron chi connectivity index (χ2n) is 13.8. The molecule has 2 heteroatoms. The van der Waals surface area contributed by atoms with E-state index >= 15 is 0 Å². The van der Waals surface area contributed by atoms with Crippen molar-refractivity contribution in [2.24, 2.45) is 0 Å². The highest BCUT2D eigenvalue weighted by atomic mass is 14.9. The summed E-state index contributed by atoms with van der Waals surface area (Å²) in [6.07, 6.45) is 0. The van der Waals surface area contributed by atoms with E-state index in [0.29, 0.717) is 5.82 Å². The van der Waals surface area contributed by atoms with Crippen LogP contribution in [-0.4, -0.2) is 9.97 Å². The first-order valence-corrected chi connectivity index (χ1v) is 17.6. The standard InChI is InChI=1S/C49H36N2/c1-49(2)43-29-14-13-27-42(43)47-39(28-16-30-44(47)49)35-21-15-22-36(31-35)48-50-45(40-25-11-9-23-37(40)33-17-5-3-6-18-33)32-46(51-48)41-26-12-10-24-38(41)34-19-7-4-8-20-34/h3-32H,1-2H3. The Balaban J connectivity index is 1.25. The van der Waals surface area contributed by atoms with Crippen molar-refractivity contribution in [1.82, 2.24) is 9.97 Å². The molecule has 9 rings (SSSR count). The fourth-order valence-electron chi connectivity index (χ4n) is 7.83. The first-order valence-electron chi connectivity index (χ1n) is 17.6. The molecule has 0 bridgehead atoms. The van der Waals surface area contributed by atoms with Crippen LogP contribution in [0.4, 0.5) is 0 Å². The molecular formula is C49H36N2. The van der Waals surface area contributed by atoms with Gasteiger partial charge in [0.05, 0.1) is 11.4 Å². The zero-order chi connectivity index (χ0) is 34.4. The molecule has 1 aliphatic rings. The van der Waals surface area contributed by atoms with Crippen LogP contribution in [0.3, 0.4) is 0 Å². The average molecular weight is 653 g/mol. The summed E-state index contributed by atoms with van der Waals surface area (Å²) < 4.78 is 0. The van der Waals surface area contributed by atoms with Crippen LogP contribution in [0.2, 0.25) is 0 Å². The van der Waals surface area contributed by atoms with Gasteiger partial charge in [-0.3, -0.25) is 0 Å². The third-order valence-corrected chi connectivity index (χ3v) is 10.3. The topological polar surface area (TPSA) is 25.8 Å². The molecule has 0 N–H and O–H groups in total. The molecule has 1 aromatic heterocycles. The van der Waals surface area contributed by atoms with Crippen LogP contribution in [-0.2, 0) is 5.41 Å². The fourth-order valence-corrected chi connectivity index (χ4v) is 7.83. The number of nitrogens with zero attached hydrogens (tertiary/aromatic N) is 2. The van der Waals surface area contributed by atoms with Gasteiger partial charge in [-0.1, -0.05) is 184 Å². The minimum Gasteiger partial charge on any atom is -0.228 e. The van der Waals surface area contributed by atoms with E-state index in [1.54, 1.807) is 0 Å². The van der Waals surface area contributed by atoms with Gasteiger partial charge in [-0.05, 0) is 67.8 Å². The Morgan fingerprint density at radius 1 is 0.333 bits per heavy atom. The van der Waals surface area contributed by atoms with Gasteiger partial charge in [0.1, 0.15) is 0 Å². The van der Waals surface area contributed by atoms with Crippen molar-refractivity contribution in [3.05, 3.63) is 193 Å². The SMILES string of the molecule is CC1(C)c2ccccc2-c2c(-c3cccc(-c4nc(-c5ccccc5-c5ccccc5)cc(-c5ccccc5-c5ccccc5)n4)c3)cccc21. The van der Waals surface area contributed by atoms with Crippen LogP contribution < -0.4 is 0 Å². The number of benzene rings is 7.